The van der Waals surface area contributed by atoms with Crippen LogP contribution in [-0.4, -0.2) is 42.8 Å². The monoisotopic (exact) mass is 392 g/mol. The van der Waals surface area contributed by atoms with E-state index < -0.39 is 35.7 Å². The molecule has 28 heavy (non-hydrogen) atoms. The fourth-order valence-corrected chi connectivity index (χ4v) is 3.43. The van der Waals surface area contributed by atoms with Gasteiger partial charge in [0.25, 0.3) is 0 Å². The third-order valence-electron chi connectivity index (χ3n) is 4.82. The smallest absolute Gasteiger partial charge is 0.328 e. The highest BCUT2D eigenvalue weighted by molar-refractivity contribution is 5.91. The van der Waals surface area contributed by atoms with Crippen molar-refractivity contribution in [3.63, 3.8) is 0 Å². The second-order valence-electron chi connectivity index (χ2n) is 6.95. The summed E-state index contributed by atoms with van der Waals surface area (Å²) in [6.07, 6.45) is 1.80. The Kier molecular flexibility index (Phi) is 7.66. The average molecular weight is 392 g/mol. The second kappa shape index (κ2) is 9.96. The zero-order valence-electron chi connectivity index (χ0n) is 16.0. The quantitative estimate of drug-likeness (QED) is 0.681. The number of esters is 1. The summed E-state index contributed by atoms with van der Waals surface area (Å²) in [5.74, 6) is -2.58. The number of methoxy groups -OCH3 is 1. The van der Waals surface area contributed by atoms with Gasteiger partial charge in [-0.2, -0.15) is 0 Å². The van der Waals surface area contributed by atoms with E-state index in [1.165, 1.54) is 32.2 Å². The molecule has 152 valence electrons. The Bertz CT molecular complexity index is 752. The van der Waals surface area contributed by atoms with Crippen LogP contribution in [0.1, 0.15) is 38.2 Å². The van der Waals surface area contributed by atoms with Gasteiger partial charge >= 0.3 is 5.97 Å². The largest absolute Gasteiger partial charge is 0.467 e. The summed E-state index contributed by atoms with van der Waals surface area (Å²) >= 11 is 0. The van der Waals surface area contributed by atoms with E-state index in [0.717, 1.165) is 0 Å². The molecule has 0 radical (unpaired) electrons. The van der Waals surface area contributed by atoms with Gasteiger partial charge in [-0.1, -0.05) is 18.2 Å². The number of hydrogen-bond acceptors (Lipinski definition) is 5. The van der Waals surface area contributed by atoms with Gasteiger partial charge in [-0.05, 0) is 30.4 Å². The molecule has 0 saturated heterocycles. The number of carbonyl (C=O) groups is 4. The van der Waals surface area contributed by atoms with Crippen LogP contribution in [0.3, 0.4) is 0 Å². The molecule has 0 aromatic heterocycles. The zero-order valence-corrected chi connectivity index (χ0v) is 16.0. The molecule has 2 rings (SSSR count). The van der Waals surface area contributed by atoms with E-state index in [4.69, 9.17) is 4.74 Å². The number of ether oxygens (including phenoxy) is 1. The predicted molar refractivity (Wildman–Crippen MR) is 98.6 cm³/mol. The number of Topliss-reactive ketones (excluding diaryl/α,β-unsaturated/α-hetero) is 1. The maximum Gasteiger partial charge on any atom is 0.328 e. The molecular formula is C20H25FN2O5. The minimum atomic E-state index is -1.07. The van der Waals surface area contributed by atoms with Crippen molar-refractivity contribution in [3.8, 4) is 0 Å². The lowest BCUT2D eigenvalue weighted by atomic mass is 9.83. The zero-order chi connectivity index (χ0) is 20.7. The minimum absolute atomic E-state index is 0.0316. The molecule has 7 nitrogen and oxygen atoms in total. The van der Waals surface area contributed by atoms with Gasteiger partial charge in [-0.15, -0.1) is 0 Å². The average Bonchev–Trinajstić information content (AvgIpc) is 2.66. The second-order valence-corrected chi connectivity index (χ2v) is 6.95. The molecule has 1 fully saturated rings. The van der Waals surface area contributed by atoms with Crippen LogP contribution in [0.15, 0.2) is 24.3 Å². The summed E-state index contributed by atoms with van der Waals surface area (Å²) in [5, 5.41) is 5.09. The van der Waals surface area contributed by atoms with E-state index >= 15 is 0 Å². The number of ketones is 1. The van der Waals surface area contributed by atoms with Gasteiger partial charge in [-0.25, -0.2) is 9.18 Å². The van der Waals surface area contributed by atoms with Crippen LogP contribution in [0, 0.1) is 11.7 Å². The van der Waals surface area contributed by atoms with Gasteiger partial charge in [0.1, 0.15) is 23.7 Å². The summed E-state index contributed by atoms with van der Waals surface area (Å²) in [5.41, 5.74) is 0.263. The van der Waals surface area contributed by atoms with Gasteiger partial charge in [0.15, 0.2) is 0 Å². The molecule has 1 aromatic carbocycles. The highest BCUT2D eigenvalue weighted by Crippen LogP contribution is 2.25. The van der Waals surface area contributed by atoms with Gasteiger partial charge in [-0.3, -0.25) is 14.4 Å². The standard InChI is InChI=1S/C20H25FN2O5/c1-12(24)22-17(11-13-6-3-4-9-16(13)21)19(26)23-18(20(27)28-2)14-7-5-8-15(25)10-14/h3-4,6,9,14,17-18H,5,7-8,10-11H2,1-2H3,(H,22,24)(H,23,26)/t14-,17-,18-/m1/s1. The Hall–Kier alpha value is -2.77. The Balaban J connectivity index is 2.18. The third-order valence-corrected chi connectivity index (χ3v) is 4.82. The first-order valence-corrected chi connectivity index (χ1v) is 9.22. The SMILES string of the molecule is COC(=O)[C@H](NC(=O)[C@@H](Cc1ccccc1F)NC(C)=O)[C@@H]1CCCC(=O)C1. The molecule has 1 aliphatic carbocycles. The Morgan fingerprint density at radius 3 is 2.57 bits per heavy atom. The van der Waals surface area contributed by atoms with Crippen molar-refractivity contribution in [2.45, 2.75) is 51.1 Å². The van der Waals surface area contributed by atoms with Crippen molar-refractivity contribution in [3.05, 3.63) is 35.6 Å². The topological polar surface area (TPSA) is 102 Å². The molecule has 0 aliphatic heterocycles. The van der Waals surface area contributed by atoms with Crippen LogP contribution >= 0.6 is 0 Å². The van der Waals surface area contributed by atoms with Crippen molar-refractivity contribution < 1.29 is 28.3 Å². The summed E-state index contributed by atoms with van der Waals surface area (Å²) in [6, 6.07) is 3.88. The van der Waals surface area contributed by atoms with E-state index in [9.17, 15) is 23.6 Å². The van der Waals surface area contributed by atoms with Crippen molar-refractivity contribution in [2.75, 3.05) is 7.11 Å². The van der Waals surface area contributed by atoms with E-state index in [2.05, 4.69) is 10.6 Å². The molecule has 0 spiro atoms. The molecule has 1 aliphatic rings. The van der Waals surface area contributed by atoms with Crippen LogP contribution < -0.4 is 10.6 Å². The van der Waals surface area contributed by atoms with Crippen LogP contribution in [-0.2, 0) is 30.3 Å². The fraction of sp³-hybridized carbons (Fsp3) is 0.500. The van der Waals surface area contributed by atoms with Gasteiger partial charge < -0.3 is 15.4 Å². The minimum Gasteiger partial charge on any atom is -0.467 e. The molecule has 2 N–H and O–H groups in total. The molecule has 8 heteroatoms. The Labute approximate surface area is 163 Å². The highest BCUT2D eigenvalue weighted by atomic mass is 19.1. The maximum atomic E-state index is 14.0. The van der Waals surface area contributed by atoms with Crippen LogP contribution in [0.2, 0.25) is 0 Å². The van der Waals surface area contributed by atoms with Gasteiger partial charge in [0, 0.05) is 26.2 Å². The Morgan fingerprint density at radius 2 is 1.96 bits per heavy atom. The summed E-state index contributed by atoms with van der Waals surface area (Å²) < 4.78 is 18.8. The van der Waals surface area contributed by atoms with Crippen molar-refractivity contribution in [1.82, 2.24) is 10.6 Å². The number of nitrogens with one attached hydrogen (secondary N) is 2. The van der Waals surface area contributed by atoms with E-state index in [-0.39, 0.29) is 30.1 Å². The lowest BCUT2D eigenvalue weighted by Crippen LogP contribution is -2.55. The number of rotatable bonds is 7. The summed E-state index contributed by atoms with van der Waals surface area (Å²) in [7, 11) is 1.21. The fourth-order valence-electron chi connectivity index (χ4n) is 3.43. The Morgan fingerprint density at radius 1 is 1.25 bits per heavy atom. The van der Waals surface area contributed by atoms with Crippen LogP contribution in [0.25, 0.3) is 0 Å². The van der Waals surface area contributed by atoms with Crippen molar-refractivity contribution >= 4 is 23.6 Å². The van der Waals surface area contributed by atoms with Crippen LogP contribution in [0.5, 0.6) is 0 Å². The van der Waals surface area contributed by atoms with E-state index in [1.807, 2.05) is 0 Å². The molecule has 2 amide bonds. The molecule has 0 bridgehead atoms. The number of carbonyl (C=O) groups excluding carboxylic acids is 4. The first kappa shape index (κ1) is 21.5. The predicted octanol–water partition coefficient (Wildman–Crippen LogP) is 1.29. The molecule has 1 saturated carbocycles. The maximum absolute atomic E-state index is 14.0. The molecule has 1 aromatic rings. The summed E-state index contributed by atoms with van der Waals surface area (Å²) in [4.78, 5) is 48.3. The molecule has 0 unspecified atom stereocenters. The van der Waals surface area contributed by atoms with E-state index in [1.54, 1.807) is 6.07 Å². The highest BCUT2D eigenvalue weighted by Gasteiger charge is 2.35. The molecular weight excluding hydrogens is 367 g/mol. The van der Waals surface area contributed by atoms with Crippen molar-refractivity contribution in [1.29, 1.82) is 0 Å². The summed E-state index contributed by atoms with van der Waals surface area (Å²) in [6.45, 7) is 1.25. The van der Waals surface area contributed by atoms with Crippen molar-refractivity contribution in [2.24, 2.45) is 5.92 Å². The first-order valence-electron chi connectivity index (χ1n) is 9.22. The van der Waals surface area contributed by atoms with Crippen LogP contribution in [0.4, 0.5) is 4.39 Å². The van der Waals surface area contributed by atoms with Gasteiger partial charge in [0.2, 0.25) is 11.8 Å². The molecule has 0 heterocycles. The molecule has 3 atom stereocenters. The first-order chi connectivity index (χ1) is 13.3. The van der Waals surface area contributed by atoms with E-state index in [0.29, 0.717) is 19.3 Å². The number of amides is 2. The third kappa shape index (κ3) is 5.87. The number of halogens is 1. The number of hydrogen-bond donors (Lipinski definition) is 2. The lowest BCUT2D eigenvalue weighted by Gasteiger charge is -2.29. The number of benzene rings is 1. The normalized spacial score (nSPS) is 18.7. The van der Waals surface area contributed by atoms with Gasteiger partial charge in [0.05, 0.1) is 7.11 Å². The lowest BCUT2D eigenvalue weighted by molar-refractivity contribution is -0.147.